The molecule has 0 atom stereocenters. The highest BCUT2D eigenvalue weighted by molar-refractivity contribution is 5.54. The van der Waals surface area contributed by atoms with Crippen LogP contribution in [-0.2, 0) is 13.0 Å². The highest BCUT2D eigenvalue weighted by atomic mass is 19.1. The van der Waals surface area contributed by atoms with E-state index in [9.17, 15) is 4.39 Å². The van der Waals surface area contributed by atoms with Crippen molar-refractivity contribution in [2.75, 3.05) is 12.3 Å². The molecule has 2 aromatic carbocycles. The van der Waals surface area contributed by atoms with Crippen molar-refractivity contribution in [1.29, 1.82) is 0 Å². The van der Waals surface area contributed by atoms with Crippen molar-refractivity contribution in [2.24, 2.45) is 0 Å². The number of aryl methyl sites for hydroxylation is 1. The largest absolute Gasteiger partial charge is 0.489 e. The Morgan fingerprint density at radius 1 is 1.17 bits per heavy atom. The van der Waals surface area contributed by atoms with Crippen LogP contribution in [0.15, 0.2) is 42.5 Å². The van der Waals surface area contributed by atoms with Gasteiger partial charge in [-0.3, -0.25) is 0 Å². The SMILES string of the molecule is CC(C)Oc1ccc(CCCNCc2ccccc2F)cc1N. The third kappa shape index (κ3) is 5.57. The lowest BCUT2D eigenvalue weighted by Gasteiger charge is -2.13. The Bertz CT molecular complexity index is 629. The number of halogens is 1. The second-order valence-electron chi connectivity index (χ2n) is 5.91. The van der Waals surface area contributed by atoms with Gasteiger partial charge in [-0.15, -0.1) is 0 Å². The first-order valence-electron chi connectivity index (χ1n) is 8.05. The summed E-state index contributed by atoms with van der Waals surface area (Å²) in [5.74, 6) is 0.579. The zero-order chi connectivity index (χ0) is 16.7. The number of nitrogens with one attached hydrogen (secondary N) is 1. The number of rotatable bonds is 8. The van der Waals surface area contributed by atoms with E-state index in [0.717, 1.165) is 25.1 Å². The number of anilines is 1. The molecule has 0 bridgehead atoms. The summed E-state index contributed by atoms with van der Waals surface area (Å²) in [6.07, 6.45) is 2.01. The summed E-state index contributed by atoms with van der Waals surface area (Å²) in [5.41, 5.74) is 8.57. The van der Waals surface area contributed by atoms with E-state index in [4.69, 9.17) is 10.5 Å². The van der Waals surface area contributed by atoms with Gasteiger partial charge in [0.2, 0.25) is 0 Å². The fourth-order valence-corrected chi connectivity index (χ4v) is 2.40. The molecular formula is C19H25FN2O. The predicted octanol–water partition coefficient (Wildman–Crippen LogP) is 3.92. The highest BCUT2D eigenvalue weighted by Gasteiger charge is 2.04. The quantitative estimate of drug-likeness (QED) is 0.573. The zero-order valence-electron chi connectivity index (χ0n) is 13.8. The monoisotopic (exact) mass is 316 g/mol. The molecule has 0 unspecified atom stereocenters. The summed E-state index contributed by atoms with van der Waals surface area (Å²) >= 11 is 0. The molecule has 2 rings (SSSR count). The van der Waals surface area contributed by atoms with Gasteiger partial charge < -0.3 is 15.8 Å². The van der Waals surface area contributed by atoms with Crippen LogP contribution in [0.1, 0.15) is 31.4 Å². The zero-order valence-corrected chi connectivity index (χ0v) is 13.8. The summed E-state index contributed by atoms with van der Waals surface area (Å²) in [6.45, 7) is 5.34. The number of ether oxygens (including phenoxy) is 1. The Balaban J connectivity index is 1.74. The van der Waals surface area contributed by atoms with Crippen LogP contribution < -0.4 is 15.8 Å². The van der Waals surface area contributed by atoms with Gasteiger partial charge in [0.25, 0.3) is 0 Å². The molecule has 124 valence electrons. The third-order valence-corrected chi connectivity index (χ3v) is 3.53. The number of hydrogen-bond donors (Lipinski definition) is 2. The summed E-state index contributed by atoms with van der Waals surface area (Å²) in [5, 5.41) is 3.27. The molecule has 3 nitrogen and oxygen atoms in total. The summed E-state index contributed by atoms with van der Waals surface area (Å²) in [4.78, 5) is 0. The highest BCUT2D eigenvalue weighted by Crippen LogP contribution is 2.24. The first kappa shape index (κ1) is 17.3. The van der Waals surface area contributed by atoms with E-state index in [2.05, 4.69) is 5.32 Å². The second-order valence-corrected chi connectivity index (χ2v) is 5.91. The van der Waals surface area contributed by atoms with Crippen molar-refractivity contribution in [3.05, 3.63) is 59.4 Å². The van der Waals surface area contributed by atoms with Crippen molar-refractivity contribution >= 4 is 5.69 Å². The van der Waals surface area contributed by atoms with Crippen LogP contribution in [0.2, 0.25) is 0 Å². The minimum absolute atomic E-state index is 0.116. The van der Waals surface area contributed by atoms with E-state index < -0.39 is 0 Å². The fourth-order valence-electron chi connectivity index (χ4n) is 2.40. The molecule has 0 heterocycles. The normalized spacial score (nSPS) is 11.0. The Morgan fingerprint density at radius 3 is 2.65 bits per heavy atom. The summed E-state index contributed by atoms with van der Waals surface area (Å²) in [6, 6.07) is 12.8. The molecule has 0 spiro atoms. The molecule has 0 saturated carbocycles. The topological polar surface area (TPSA) is 47.3 Å². The molecule has 0 saturated heterocycles. The Morgan fingerprint density at radius 2 is 1.96 bits per heavy atom. The minimum atomic E-state index is -0.159. The van der Waals surface area contributed by atoms with Crippen LogP contribution in [0.3, 0.4) is 0 Å². The number of benzene rings is 2. The fraction of sp³-hybridized carbons (Fsp3) is 0.368. The average molecular weight is 316 g/mol. The van der Waals surface area contributed by atoms with Crippen molar-refractivity contribution < 1.29 is 9.13 Å². The Hall–Kier alpha value is -2.07. The van der Waals surface area contributed by atoms with Crippen molar-refractivity contribution in [3.8, 4) is 5.75 Å². The molecule has 2 aromatic rings. The van der Waals surface area contributed by atoms with Crippen LogP contribution in [0, 0.1) is 5.82 Å². The van der Waals surface area contributed by atoms with Gasteiger partial charge in [-0.1, -0.05) is 24.3 Å². The van der Waals surface area contributed by atoms with E-state index in [0.29, 0.717) is 17.8 Å². The van der Waals surface area contributed by atoms with Gasteiger partial charge in [-0.25, -0.2) is 4.39 Å². The molecule has 0 fully saturated rings. The van der Waals surface area contributed by atoms with E-state index in [-0.39, 0.29) is 11.9 Å². The van der Waals surface area contributed by atoms with Gasteiger partial charge >= 0.3 is 0 Å². The Kier molecular flexibility index (Phi) is 6.41. The van der Waals surface area contributed by atoms with Gasteiger partial charge in [-0.05, 0) is 57.0 Å². The minimum Gasteiger partial charge on any atom is -0.489 e. The van der Waals surface area contributed by atoms with Gasteiger partial charge in [0, 0.05) is 12.1 Å². The molecular weight excluding hydrogens is 291 g/mol. The van der Waals surface area contributed by atoms with Crippen molar-refractivity contribution in [1.82, 2.24) is 5.32 Å². The summed E-state index contributed by atoms with van der Waals surface area (Å²) in [7, 11) is 0. The van der Waals surface area contributed by atoms with E-state index in [1.54, 1.807) is 12.1 Å². The second kappa shape index (κ2) is 8.53. The van der Waals surface area contributed by atoms with Crippen LogP contribution >= 0.6 is 0 Å². The van der Waals surface area contributed by atoms with Crippen molar-refractivity contribution in [3.63, 3.8) is 0 Å². The lowest BCUT2D eigenvalue weighted by atomic mass is 10.1. The number of hydrogen-bond acceptors (Lipinski definition) is 3. The van der Waals surface area contributed by atoms with Gasteiger partial charge in [0.1, 0.15) is 11.6 Å². The average Bonchev–Trinajstić information content (AvgIpc) is 2.51. The van der Waals surface area contributed by atoms with E-state index in [1.165, 1.54) is 11.6 Å². The van der Waals surface area contributed by atoms with Gasteiger partial charge in [0.05, 0.1) is 11.8 Å². The molecule has 0 aromatic heterocycles. The molecule has 0 aliphatic rings. The molecule has 0 aliphatic carbocycles. The third-order valence-electron chi connectivity index (χ3n) is 3.53. The Labute approximate surface area is 137 Å². The number of nitrogen functional groups attached to an aromatic ring is 1. The van der Waals surface area contributed by atoms with Crippen LogP contribution in [0.5, 0.6) is 5.75 Å². The molecule has 0 radical (unpaired) electrons. The maximum atomic E-state index is 13.5. The van der Waals surface area contributed by atoms with Crippen LogP contribution in [0.25, 0.3) is 0 Å². The molecule has 0 aliphatic heterocycles. The molecule has 4 heteroatoms. The standard InChI is InChI=1S/C19H25FN2O/c1-14(2)23-19-10-9-15(12-18(19)21)6-5-11-22-13-16-7-3-4-8-17(16)20/h3-4,7-10,12,14,22H,5-6,11,13,21H2,1-2H3. The van der Waals surface area contributed by atoms with Crippen LogP contribution in [0.4, 0.5) is 10.1 Å². The first-order chi connectivity index (χ1) is 11.1. The summed E-state index contributed by atoms with van der Waals surface area (Å²) < 4.78 is 19.1. The van der Waals surface area contributed by atoms with Gasteiger partial charge in [-0.2, -0.15) is 0 Å². The van der Waals surface area contributed by atoms with E-state index >= 15 is 0 Å². The predicted molar refractivity (Wildman–Crippen MR) is 93.0 cm³/mol. The van der Waals surface area contributed by atoms with Crippen LogP contribution in [-0.4, -0.2) is 12.6 Å². The van der Waals surface area contributed by atoms with Gasteiger partial charge in [0.15, 0.2) is 0 Å². The lowest BCUT2D eigenvalue weighted by Crippen LogP contribution is -2.16. The molecule has 23 heavy (non-hydrogen) atoms. The number of nitrogens with two attached hydrogens (primary N) is 1. The van der Waals surface area contributed by atoms with Crippen molar-refractivity contribution in [2.45, 2.75) is 39.3 Å². The van der Waals surface area contributed by atoms with E-state index in [1.807, 2.05) is 38.1 Å². The maximum absolute atomic E-state index is 13.5. The first-order valence-corrected chi connectivity index (χ1v) is 8.05. The molecule has 0 amide bonds. The lowest BCUT2D eigenvalue weighted by molar-refractivity contribution is 0.244. The molecule has 3 N–H and O–H groups in total. The smallest absolute Gasteiger partial charge is 0.142 e. The maximum Gasteiger partial charge on any atom is 0.142 e.